The van der Waals surface area contributed by atoms with Gasteiger partial charge in [-0.05, 0) is 29.2 Å². The molecule has 1 aromatic carbocycles. The molecule has 2 N–H and O–H groups in total. The number of hydrogen-bond acceptors (Lipinski definition) is 3. The summed E-state index contributed by atoms with van der Waals surface area (Å²) < 4.78 is 0. The Morgan fingerprint density at radius 2 is 1.67 bits per heavy atom. The average molecular weight is 325 g/mol. The number of benzene rings is 1. The molecule has 1 atom stereocenters. The van der Waals surface area contributed by atoms with Crippen molar-refractivity contribution in [2.45, 2.75) is 32.9 Å². The van der Waals surface area contributed by atoms with Crippen molar-refractivity contribution in [1.29, 1.82) is 0 Å². The lowest BCUT2D eigenvalue weighted by molar-refractivity contribution is -0.129. The lowest BCUT2D eigenvalue weighted by atomic mass is 10.0. The van der Waals surface area contributed by atoms with Crippen LogP contribution in [0.4, 0.5) is 0 Å². The number of aromatic nitrogens is 1. The minimum atomic E-state index is -0.553. The molecule has 2 rings (SSSR count). The van der Waals surface area contributed by atoms with Gasteiger partial charge in [0.1, 0.15) is 6.04 Å². The number of nitrogens with zero attached hydrogens (tertiary/aromatic N) is 1. The van der Waals surface area contributed by atoms with E-state index in [0.29, 0.717) is 6.54 Å². The lowest BCUT2D eigenvalue weighted by Gasteiger charge is -2.22. The molecule has 0 spiro atoms. The molecule has 0 aliphatic carbocycles. The van der Waals surface area contributed by atoms with E-state index in [1.54, 1.807) is 12.4 Å². The summed E-state index contributed by atoms with van der Waals surface area (Å²) in [5.74, 6) is -0.329. The lowest BCUT2D eigenvalue weighted by Crippen LogP contribution is -2.49. The quantitative estimate of drug-likeness (QED) is 0.819. The number of hydrogen-bond donors (Lipinski definition) is 2. The maximum Gasteiger partial charge on any atom is 0.243 e. The van der Waals surface area contributed by atoms with E-state index in [1.165, 1.54) is 0 Å². The normalized spacial score (nSPS) is 11.8. The van der Waals surface area contributed by atoms with Crippen LogP contribution in [0.2, 0.25) is 0 Å². The number of rotatable bonds is 7. The van der Waals surface area contributed by atoms with Crippen LogP contribution in [0.1, 0.15) is 25.0 Å². The highest BCUT2D eigenvalue weighted by atomic mass is 16.2. The summed E-state index contributed by atoms with van der Waals surface area (Å²) in [6.07, 6.45) is 3.63. The minimum absolute atomic E-state index is 0.00200. The molecule has 0 radical (unpaired) electrons. The van der Waals surface area contributed by atoms with Crippen molar-refractivity contribution in [3.63, 3.8) is 0 Å². The Hall–Kier alpha value is -2.69. The summed E-state index contributed by atoms with van der Waals surface area (Å²) in [7, 11) is 0. The van der Waals surface area contributed by atoms with Gasteiger partial charge in [-0.3, -0.25) is 14.6 Å². The zero-order valence-corrected chi connectivity index (χ0v) is 14.0. The summed E-state index contributed by atoms with van der Waals surface area (Å²) in [6.45, 7) is 4.25. The van der Waals surface area contributed by atoms with Gasteiger partial charge in [0, 0.05) is 18.9 Å². The Kier molecular flexibility index (Phi) is 6.49. The fourth-order valence-corrected chi connectivity index (χ4v) is 2.34. The maximum atomic E-state index is 12.4. The molecule has 0 fully saturated rings. The molecular weight excluding hydrogens is 302 g/mol. The van der Waals surface area contributed by atoms with Crippen LogP contribution in [0.15, 0.2) is 54.9 Å². The zero-order valence-electron chi connectivity index (χ0n) is 14.0. The van der Waals surface area contributed by atoms with Gasteiger partial charge in [-0.15, -0.1) is 0 Å². The molecule has 1 heterocycles. The van der Waals surface area contributed by atoms with Gasteiger partial charge < -0.3 is 10.6 Å². The highest BCUT2D eigenvalue weighted by molar-refractivity contribution is 5.88. The van der Waals surface area contributed by atoms with Crippen LogP contribution in [0.5, 0.6) is 0 Å². The smallest absolute Gasteiger partial charge is 0.243 e. The molecule has 0 saturated heterocycles. The van der Waals surface area contributed by atoms with Crippen molar-refractivity contribution in [2.75, 3.05) is 0 Å². The van der Waals surface area contributed by atoms with Gasteiger partial charge in [-0.1, -0.05) is 44.2 Å². The standard InChI is InChI=1S/C19H23N3O2/c1-14(2)18(19(24)21-13-16-8-10-20-11-9-16)22-17(23)12-15-6-4-3-5-7-15/h3-11,14,18H,12-13H2,1-2H3,(H,21,24)(H,22,23). The van der Waals surface area contributed by atoms with E-state index < -0.39 is 6.04 Å². The van der Waals surface area contributed by atoms with E-state index in [-0.39, 0.29) is 24.2 Å². The molecule has 126 valence electrons. The molecular formula is C19H23N3O2. The van der Waals surface area contributed by atoms with Crippen LogP contribution in [-0.2, 0) is 22.6 Å². The van der Waals surface area contributed by atoms with E-state index in [1.807, 2.05) is 56.3 Å². The van der Waals surface area contributed by atoms with E-state index in [0.717, 1.165) is 11.1 Å². The summed E-state index contributed by atoms with van der Waals surface area (Å²) >= 11 is 0. The molecule has 1 unspecified atom stereocenters. The van der Waals surface area contributed by atoms with Crippen molar-refractivity contribution >= 4 is 11.8 Å². The molecule has 1 aromatic heterocycles. The second kappa shape index (κ2) is 8.82. The molecule has 0 aliphatic rings. The summed E-state index contributed by atoms with van der Waals surface area (Å²) in [5.41, 5.74) is 1.89. The zero-order chi connectivity index (χ0) is 17.4. The van der Waals surface area contributed by atoms with Crippen LogP contribution in [0.3, 0.4) is 0 Å². The number of pyridine rings is 1. The number of nitrogens with one attached hydrogen (secondary N) is 2. The maximum absolute atomic E-state index is 12.4. The first-order valence-corrected chi connectivity index (χ1v) is 8.06. The van der Waals surface area contributed by atoms with Gasteiger partial charge in [-0.2, -0.15) is 0 Å². The summed E-state index contributed by atoms with van der Waals surface area (Å²) in [6, 6.07) is 12.6. The largest absolute Gasteiger partial charge is 0.350 e. The Balaban J connectivity index is 1.90. The van der Waals surface area contributed by atoms with Crippen molar-refractivity contribution < 1.29 is 9.59 Å². The summed E-state index contributed by atoms with van der Waals surface area (Å²) in [4.78, 5) is 28.6. The molecule has 0 bridgehead atoms. The van der Waals surface area contributed by atoms with E-state index in [4.69, 9.17) is 0 Å². The molecule has 0 saturated carbocycles. The van der Waals surface area contributed by atoms with Crippen molar-refractivity contribution in [3.8, 4) is 0 Å². The van der Waals surface area contributed by atoms with Crippen LogP contribution < -0.4 is 10.6 Å². The first kappa shape index (κ1) is 17.7. The fourth-order valence-electron chi connectivity index (χ4n) is 2.34. The van der Waals surface area contributed by atoms with Crippen LogP contribution >= 0.6 is 0 Å². The van der Waals surface area contributed by atoms with Crippen LogP contribution in [-0.4, -0.2) is 22.8 Å². The van der Waals surface area contributed by atoms with Crippen LogP contribution in [0.25, 0.3) is 0 Å². The van der Waals surface area contributed by atoms with Crippen molar-refractivity contribution in [3.05, 3.63) is 66.0 Å². The average Bonchev–Trinajstić information content (AvgIpc) is 2.59. The predicted octanol–water partition coefficient (Wildman–Crippen LogP) is 2.08. The molecule has 5 heteroatoms. The van der Waals surface area contributed by atoms with E-state index in [9.17, 15) is 9.59 Å². The van der Waals surface area contributed by atoms with Gasteiger partial charge in [0.05, 0.1) is 6.42 Å². The van der Waals surface area contributed by atoms with Crippen molar-refractivity contribution in [2.24, 2.45) is 5.92 Å². The molecule has 0 aliphatic heterocycles. The Labute approximate surface area is 142 Å². The molecule has 2 aromatic rings. The highest BCUT2D eigenvalue weighted by Crippen LogP contribution is 2.05. The molecule has 5 nitrogen and oxygen atoms in total. The fraction of sp³-hybridized carbons (Fsp3) is 0.316. The summed E-state index contributed by atoms with van der Waals surface area (Å²) in [5, 5.41) is 5.71. The predicted molar refractivity (Wildman–Crippen MR) is 93.0 cm³/mol. The third kappa shape index (κ3) is 5.50. The highest BCUT2D eigenvalue weighted by Gasteiger charge is 2.23. The second-order valence-electron chi connectivity index (χ2n) is 6.02. The topological polar surface area (TPSA) is 71.1 Å². The third-order valence-electron chi connectivity index (χ3n) is 3.69. The first-order valence-electron chi connectivity index (χ1n) is 8.06. The van der Waals surface area contributed by atoms with Crippen molar-refractivity contribution in [1.82, 2.24) is 15.6 Å². The monoisotopic (exact) mass is 325 g/mol. The Morgan fingerprint density at radius 1 is 1.00 bits per heavy atom. The van der Waals surface area contributed by atoms with Gasteiger partial charge in [0.2, 0.25) is 11.8 Å². The van der Waals surface area contributed by atoms with Gasteiger partial charge >= 0.3 is 0 Å². The molecule has 24 heavy (non-hydrogen) atoms. The van der Waals surface area contributed by atoms with E-state index >= 15 is 0 Å². The Morgan fingerprint density at radius 3 is 2.29 bits per heavy atom. The SMILES string of the molecule is CC(C)C(NC(=O)Cc1ccccc1)C(=O)NCc1ccncc1. The van der Waals surface area contributed by atoms with Gasteiger partial charge in [-0.25, -0.2) is 0 Å². The third-order valence-corrected chi connectivity index (χ3v) is 3.69. The second-order valence-corrected chi connectivity index (χ2v) is 6.02. The molecule has 2 amide bonds. The minimum Gasteiger partial charge on any atom is -0.350 e. The van der Waals surface area contributed by atoms with Gasteiger partial charge in [0.25, 0.3) is 0 Å². The Bertz CT molecular complexity index is 657. The number of carbonyl (C=O) groups excluding carboxylic acids is 2. The van der Waals surface area contributed by atoms with Crippen LogP contribution in [0, 0.1) is 5.92 Å². The number of amides is 2. The van der Waals surface area contributed by atoms with E-state index in [2.05, 4.69) is 15.6 Å². The number of carbonyl (C=O) groups is 2. The first-order chi connectivity index (χ1) is 11.6. The van der Waals surface area contributed by atoms with Gasteiger partial charge in [0.15, 0.2) is 0 Å².